The molecule has 1 N–H and O–H groups in total. The number of pyridine rings is 1. The van der Waals surface area contributed by atoms with E-state index >= 15 is 0 Å². The van der Waals surface area contributed by atoms with E-state index in [0.717, 1.165) is 24.8 Å². The second-order valence-corrected chi connectivity index (χ2v) is 5.98. The number of nitrogens with one attached hydrogen (secondary N) is 1. The molecule has 0 aliphatic carbocycles. The fraction of sp³-hybridized carbons (Fsp3) is 0.667. The number of hydrogen-bond donors (Lipinski definition) is 1. The molecular formula is C15H26N2S. The molecule has 0 aromatic carbocycles. The summed E-state index contributed by atoms with van der Waals surface area (Å²) < 4.78 is 0. The lowest BCUT2D eigenvalue weighted by Crippen LogP contribution is -2.14. The lowest BCUT2D eigenvalue weighted by molar-refractivity contribution is 0.636. The Bertz CT molecular complexity index is 352. The number of thioether (sulfide) groups is 1. The van der Waals surface area contributed by atoms with Gasteiger partial charge in [0.2, 0.25) is 0 Å². The van der Waals surface area contributed by atoms with E-state index in [0.29, 0.717) is 0 Å². The fourth-order valence-electron chi connectivity index (χ4n) is 1.62. The Hall–Kier alpha value is -0.540. The summed E-state index contributed by atoms with van der Waals surface area (Å²) in [6.07, 6.45) is 4.43. The van der Waals surface area contributed by atoms with Gasteiger partial charge in [-0.3, -0.25) is 0 Å². The maximum Gasteiger partial charge on any atom is 0.0989 e. The van der Waals surface area contributed by atoms with Crippen LogP contribution in [0.25, 0.3) is 0 Å². The molecular weight excluding hydrogens is 240 g/mol. The number of rotatable bonds is 8. The SMILES string of the molecule is CCCNCc1cnc(SCC(C)CC)c(C)c1. The molecule has 1 aromatic rings. The van der Waals surface area contributed by atoms with Crippen molar-refractivity contribution in [1.29, 1.82) is 0 Å². The van der Waals surface area contributed by atoms with Crippen LogP contribution in [-0.2, 0) is 6.54 Å². The molecule has 0 fully saturated rings. The molecule has 102 valence electrons. The zero-order valence-electron chi connectivity index (χ0n) is 12.1. The van der Waals surface area contributed by atoms with Gasteiger partial charge in [-0.25, -0.2) is 4.98 Å². The molecule has 1 unspecified atom stereocenters. The third-order valence-corrected chi connectivity index (χ3v) is 4.48. The van der Waals surface area contributed by atoms with Crippen molar-refractivity contribution in [3.8, 4) is 0 Å². The molecule has 3 heteroatoms. The molecule has 0 saturated heterocycles. The maximum atomic E-state index is 4.59. The maximum absolute atomic E-state index is 4.59. The highest BCUT2D eigenvalue weighted by Gasteiger charge is 2.05. The standard InChI is InChI=1S/C15H26N2S/c1-5-7-16-9-14-8-13(4)15(17-10-14)18-11-12(3)6-2/h8,10,12,16H,5-7,9,11H2,1-4H3. The molecule has 0 radical (unpaired) electrons. The van der Waals surface area contributed by atoms with E-state index < -0.39 is 0 Å². The average molecular weight is 266 g/mol. The van der Waals surface area contributed by atoms with Crippen molar-refractivity contribution in [3.63, 3.8) is 0 Å². The molecule has 2 nitrogen and oxygen atoms in total. The van der Waals surface area contributed by atoms with E-state index in [1.54, 1.807) is 0 Å². The minimum atomic E-state index is 0.766. The first-order valence-corrected chi connectivity index (χ1v) is 7.94. The van der Waals surface area contributed by atoms with E-state index in [-0.39, 0.29) is 0 Å². The van der Waals surface area contributed by atoms with Crippen LogP contribution >= 0.6 is 11.8 Å². The molecule has 0 aliphatic heterocycles. The Morgan fingerprint density at radius 1 is 1.39 bits per heavy atom. The van der Waals surface area contributed by atoms with Gasteiger partial charge in [-0.2, -0.15) is 0 Å². The Balaban J connectivity index is 2.51. The van der Waals surface area contributed by atoms with Gasteiger partial charge in [-0.05, 0) is 36.9 Å². The predicted octanol–water partition coefficient (Wildman–Crippen LogP) is 4.03. The summed E-state index contributed by atoms with van der Waals surface area (Å²) >= 11 is 1.89. The van der Waals surface area contributed by atoms with Crippen LogP contribution in [-0.4, -0.2) is 17.3 Å². The summed E-state index contributed by atoms with van der Waals surface area (Å²) in [5.41, 5.74) is 2.59. The highest BCUT2D eigenvalue weighted by Crippen LogP contribution is 2.23. The van der Waals surface area contributed by atoms with Crippen molar-refractivity contribution in [3.05, 3.63) is 23.4 Å². The summed E-state index contributed by atoms with van der Waals surface area (Å²) in [7, 11) is 0. The minimum Gasteiger partial charge on any atom is -0.313 e. The van der Waals surface area contributed by atoms with E-state index in [1.165, 1.54) is 29.0 Å². The van der Waals surface area contributed by atoms with Crippen molar-refractivity contribution >= 4 is 11.8 Å². The van der Waals surface area contributed by atoms with Gasteiger partial charge >= 0.3 is 0 Å². The first-order chi connectivity index (χ1) is 8.67. The minimum absolute atomic E-state index is 0.766. The Labute approximate surface area is 116 Å². The van der Waals surface area contributed by atoms with Gasteiger partial charge in [0.1, 0.15) is 0 Å². The van der Waals surface area contributed by atoms with Gasteiger partial charge in [0.15, 0.2) is 0 Å². The lowest BCUT2D eigenvalue weighted by atomic mass is 10.2. The summed E-state index contributed by atoms with van der Waals surface area (Å²) in [6.45, 7) is 10.9. The van der Waals surface area contributed by atoms with Crippen LogP contribution in [0.4, 0.5) is 0 Å². The topological polar surface area (TPSA) is 24.9 Å². The monoisotopic (exact) mass is 266 g/mol. The van der Waals surface area contributed by atoms with Crippen molar-refractivity contribution in [2.45, 2.75) is 52.1 Å². The summed E-state index contributed by atoms with van der Waals surface area (Å²) in [6, 6.07) is 2.26. The molecule has 0 amide bonds. The van der Waals surface area contributed by atoms with E-state index in [4.69, 9.17) is 0 Å². The van der Waals surface area contributed by atoms with Crippen LogP contribution in [0.3, 0.4) is 0 Å². The molecule has 18 heavy (non-hydrogen) atoms. The van der Waals surface area contributed by atoms with Crippen molar-refractivity contribution in [2.75, 3.05) is 12.3 Å². The van der Waals surface area contributed by atoms with Crippen LogP contribution in [0.15, 0.2) is 17.3 Å². The fourth-order valence-corrected chi connectivity index (χ4v) is 2.71. The second-order valence-electron chi connectivity index (χ2n) is 4.97. The molecule has 0 bridgehead atoms. The lowest BCUT2D eigenvalue weighted by Gasteiger charge is -2.10. The second kappa shape index (κ2) is 8.54. The van der Waals surface area contributed by atoms with Crippen LogP contribution < -0.4 is 5.32 Å². The molecule has 0 aliphatic rings. The normalized spacial score (nSPS) is 12.7. The molecule has 1 aromatic heterocycles. The molecule has 1 rings (SSSR count). The summed E-state index contributed by atoms with van der Waals surface area (Å²) in [5.74, 6) is 1.93. The van der Waals surface area contributed by atoms with Gasteiger partial charge in [-0.15, -0.1) is 11.8 Å². The third-order valence-electron chi connectivity index (χ3n) is 3.04. The van der Waals surface area contributed by atoms with Crippen LogP contribution in [0.2, 0.25) is 0 Å². The van der Waals surface area contributed by atoms with Crippen molar-refractivity contribution in [2.24, 2.45) is 5.92 Å². The van der Waals surface area contributed by atoms with Gasteiger partial charge in [-0.1, -0.05) is 33.3 Å². The quantitative estimate of drug-likeness (QED) is 0.568. The first-order valence-electron chi connectivity index (χ1n) is 6.96. The Morgan fingerprint density at radius 2 is 2.17 bits per heavy atom. The molecule has 0 saturated carbocycles. The largest absolute Gasteiger partial charge is 0.313 e. The van der Waals surface area contributed by atoms with Gasteiger partial charge < -0.3 is 5.32 Å². The number of aryl methyl sites for hydroxylation is 1. The predicted molar refractivity (Wildman–Crippen MR) is 81.2 cm³/mol. The highest BCUT2D eigenvalue weighted by molar-refractivity contribution is 7.99. The number of nitrogens with zero attached hydrogens (tertiary/aromatic N) is 1. The Kier molecular flexibility index (Phi) is 7.36. The highest BCUT2D eigenvalue weighted by atomic mass is 32.2. The van der Waals surface area contributed by atoms with E-state index in [1.807, 2.05) is 18.0 Å². The number of hydrogen-bond acceptors (Lipinski definition) is 3. The van der Waals surface area contributed by atoms with Gasteiger partial charge in [0.25, 0.3) is 0 Å². The molecule has 1 atom stereocenters. The van der Waals surface area contributed by atoms with E-state index in [2.05, 4.69) is 44.1 Å². The third kappa shape index (κ3) is 5.40. The summed E-state index contributed by atoms with van der Waals surface area (Å²) in [4.78, 5) is 4.59. The van der Waals surface area contributed by atoms with E-state index in [9.17, 15) is 0 Å². The Morgan fingerprint density at radius 3 is 2.78 bits per heavy atom. The smallest absolute Gasteiger partial charge is 0.0989 e. The zero-order valence-corrected chi connectivity index (χ0v) is 12.9. The van der Waals surface area contributed by atoms with Crippen LogP contribution in [0.5, 0.6) is 0 Å². The van der Waals surface area contributed by atoms with Crippen molar-refractivity contribution < 1.29 is 0 Å². The van der Waals surface area contributed by atoms with Crippen molar-refractivity contribution in [1.82, 2.24) is 10.3 Å². The zero-order chi connectivity index (χ0) is 13.4. The summed E-state index contributed by atoms with van der Waals surface area (Å²) in [5, 5.41) is 4.60. The number of aromatic nitrogens is 1. The molecule has 1 heterocycles. The average Bonchev–Trinajstić information content (AvgIpc) is 2.37. The van der Waals surface area contributed by atoms with Crippen LogP contribution in [0.1, 0.15) is 44.7 Å². The molecule has 0 spiro atoms. The van der Waals surface area contributed by atoms with Gasteiger partial charge in [0.05, 0.1) is 5.03 Å². The van der Waals surface area contributed by atoms with Crippen LogP contribution in [0, 0.1) is 12.8 Å². The van der Waals surface area contributed by atoms with Gasteiger partial charge in [0, 0.05) is 18.5 Å². The first kappa shape index (κ1) is 15.5.